The molecule has 2 saturated carbocycles. The first-order chi connectivity index (χ1) is 9.72. The molecular weight excluding hydrogens is 315 g/mol. The molecule has 0 spiro atoms. The van der Waals surface area contributed by atoms with Crippen molar-refractivity contribution in [2.75, 3.05) is 0 Å². The van der Waals surface area contributed by atoms with Crippen LogP contribution >= 0.6 is 24.8 Å². The fourth-order valence-electron chi connectivity index (χ4n) is 3.39. The molecule has 2 fully saturated rings. The molecule has 0 heterocycles. The highest BCUT2D eigenvalue weighted by molar-refractivity contribution is 5.85. The van der Waals surface area contributed by atoms with Gasteiger partial charge in [0.2, 0.25) is 0 Å². The highest BCUT2D eigenvalue weighted by Crippen LogP contribution is 2.39. The van der Waals surface area contributed by atoms with E-state index in [1.807, 2.05) is 0 Å². The molecule has 0 aromatic heterocycles. The van der Waals surface area contributed by atoms with Crippen molar-refractivity contribution in [2.24, 2.45) is 11.7 Å². The van der Waals surface area contributed by atoms with Gasteiger partial charge in [0.1, 0.15) is 0 Å². The number of benzene rings is 1. The van der Waals surface area contributed by atoms with Gasteiger partial charge in [0, 0.05) is 18.1 Å². The Morgan fingerprint density at radius 2 is 1.73 bits per heavy atom. The minimum Gasteiger partial charge on any atom is -0.328 e. The molecule has 0 bridgehead atoms. The van der Waals surface area contributed by atoms with Crippen LogP contribution in [0, 0.1) is 5.92 Å². The topological polar surface area (TPSA) is 38.0 Å². The van der Waals surface area contributed by atoms with Crippen LogP contribution in [-0.4, -0.2) is 18.1 Å². The lowest BCUT2D eigenvalue weighted by molar-refractivity contribution is 0.338. The molecule has 22 heavy (non-hydrogen) atoms. The minimum absolute atomic E-state index is 0. The first-order valence-electron chi connectivity index (χ1n) is 7.97. The molecule has 2 atom stereocenters. The largest absolute Gasteiger partial charge is 0.328 e. The summed E-state index contributed by atoms with van der Waals surface area (Å²) < 4.78 is 0. The quantitative estimate of drug-likeness (QED) is 0.861. The maximum absolute atomic E-state index is 5.97. The van der Waals surface area contributed by atoms with Crippen molar-refractivity contribution in [3.63, 3.8) is 0 Å². The van der Waals surface area contributed by atoms with Crippen LogP contribution in [0.1, 0.15) is 44.6 Å². The van der Waals surface area contributed by atoms with Crippen molar-refractivity contribution in [1.82, 2.24) is 5.32 Å². The molecule has 0 radical (unpaired) electrons. The monoisotopic (exact) mass is 342 g/mol. The van der Waals surface area contributed by atoms with E-state index >= 15 is 0 Å². The van der Waals surface area contributed by atoms with Gasteiger partial charge in [-0.1, -0.05) is 42.0 Å². The molecular formula is C18H28Cl2N2. The van der Waals surface area contributed by atoms with Crippen molar-refractivity contribution in [1.29, 1.82) is 0 Å². The smallest absolute Gasteiger partial charge is 0.0142 e. The summed E-state index contributed by atoms with van der Waals surface area (Å²) in [5.41, 5.74) is 8.80. The first-order valence-corrected chi connectivity index (χ1v) is 7.97. The lowest BCUT2D eigenvalue weighted by Gasteiger charge is -2.27. The minimum atomic E-state index is 0. The highest BCUT2D eigenvalue weighted by Gasteiger charge is 2.39. The number of nitrogens with one attached hydrogen (secondary N) is 1. The van der Waals surface area contributed by atoms with Crippen LogP contribution in [0.5, 0.6) is 0 Å². The molecule has 3 rings (SSSR count). The van der Waals surface area contributed by atoms with E-state index < -0.39 is 0 Å². The second-order valence-corrected chi connectivity index (χ2v) is 6.53. The zero-order valence-electron chi connectivity index (χ0n) is 13.2. The summed E-state index contributed by atoms with van der Waals surface area (Å²) in [6.07, 6.45) is 8.53. The summed E-state index contributed by atoms with van der Waals surface area (Å²) in [4.78, 5) is 0. The Morgan fingerprint density at radius 1 is 1.09 bits per heavy atom. The summed E-state index contributed by atoms with van der Waals surface area (Å²) in [6.45, 7) is 2.27. The van der Waals surface area contributed by atoms with Gasteiger partial charge < -0.3 is 11.1 Å². The number of halogens is 2. The lowest BCUT2D eigenvalue weighted by atomic mass is 9.92. The predicted molar refractivity (Wildman–Crippen MR) is 99.9 cm³/mol. The van der Waals surface area contributed by atoms with Crippen LogP contribution in [0.3, 0.4) is 0 Å². The molecule has 2 nitrogen and oxygen atoms in total. The third kappa shape index (κ3) is 5.27. The molecule has 2 aliphatic carbocycles. The first kappa shape index (κ1) is 19.5. The van der Waals surface area contributed by atoms with E-state index in [4.69, 9.17) is 5.73 Å². The molecule has 2 aliphatic rings. The zero-order chi connectivity index (χ0) is 13.9. The van der Waals surface area contributed by atoms with Gasteiger partial charge in [0.15, 0.2) is 0 Å². The van der Waals surface area contributed by atoms with E-state index in [0.717, 1.165) is 5.92 Å². The molecule has 0 amide bonds. The fraction of sp³-hybridized carbons (Fsp3) is 0.556. The van der Waals surface area contributed by atoms with Crippen molar-refractivity contribution < 1.29 is 0 Å². The average molecular weight is 343 g/mol. The normalized spacial score (nSPS) is 30.9. The predicted octanol–water partition coefficient (Wildman–Crippen LogP) is 4.18. The van der Waals surface area contributed by atoms with Crippen LogP contribution in [0.4, 0.5) is 0 Å². The molecule has 0 unspecified atom stereocenters. The average Bonchev–Trinajstić information content (AvgIpc) is 3.22. The van der Waals surface area contributed by atoms with E-state index in [-0.39, 0.29) is 24.8 Å². The van der Waals surface area contributed by atoms with Gasteiger partial charge in [-0.25, -0.2) is 0 Å². The number of nitrogens with two attached hydrogens (primary N) is 1. The maximum Gasteiger partial charge on any atom is 0.0142 e. The van der Waals surface area contributed by atoms with E-state index in [1.165, 1.54) is 43.2 Å². The Hall–Kier alpha value is -0.540. The third-order valence-corrected chi connectivity index (χ3v) is 4.79. The van der Waals surface area contributed by atoms with E-state index in [1.54, 1.807) is 0 Å². The van der Waals surface area contributed by atoms with Gasteiger partial charge in [0.05, 0.1) is 0 Å². The highest BCUT2D eigenvalue weighted by atomic mass is 35.5. The molecule has 124 valence electrons. The van der Waals surface area contributed by atoms with Gasteiger partial charge in [-0.05, 0) is 50.5 Å². The van der Waals surface area contributed by atoms with Crippen LogP contribution in [-0.2, 0) is 0 Å². The summed E-state index contributed by atoms with van der Waals surface area (Å²) >= 11 is 0. The van der Waals surface area contributed by atoms with Crippen molar-refractivity contribution >= 4 is 30.9 Å². The molecule has 0 saturated heterocycles. The van der Waals surface area contributed by atoms with Gasteiger partial charge >= 0.3 is 0 Å². The van der Waals surface area contributed by atoms with Crippen molar-refractivity contribution in [3.05, 3.63) is 41.5 Å². The summed E-state index contributed by atoms with van der Waals surface area (Å²) in [5.74, 6) is 0.741. The van der Waals surface area contributed by atoms with Crippen molar-refractivity contribution in [3.8, 4) is 0 Å². The van der Waals surface area contributed by atoms with Crippen molar-refractivity contribution in [2.45, 2.75) is 57.2 Å². The van der Waals surface area contributed by atoms with Gasteiger partial charge in [-0.3, -0.25) is 0 Å². The number of hydrogen-bond donors (Lipinski definition) is 2. The van der Waals surface area contributed by atoms with E-state index in [0.29, 0.717) is 18.1 Å². The molecule has 3 N–H and O–H groups in total. The molecule has 4 heteroatoms. The van der Waals surface area contributed by atoms with Crippen LogP contribution in [0.25, 0.3) is 6.08 Å². The third-order valence-electron chi connectivity index (χ3n) is 4.79. The second kappa shape index (κ2) is 8.93. The van der Waals surface area contributed by atoms with Crippen LogP contribution < -0.4 is 11.1 Å². The molecule has 1 aromatic rings. The number of rotatable bonds is 4. The Bertz CT molecular complexity index is 467. The zero-order valence-corrected chi connectivity index (χ0v) is 14.8. The van der Waals surface area contributed by atoms with Gasteiger partial charge in [-0.2, -0.15) is 0 Å². The van der Waals surface area contributed by atoms with Gasteiger partial charge in [0.25, 0.3) is 0 Å². The van der Waals surface area contributed by atoms with Crippen LogP contribution in [0.15, 0.2) is 35.9 Å². The summed E-state index contributed by atoms with van der Waals surface area (Å²) in [6, 6.07) is 12.5. The second-order valence-electron chi connectivity index (χ2n) is 6.53. The summed E-state index contributed by atoms with van der Waals surface area (Å²) in [7, 11) is 0. The standard InChI is InChI=1S/C18H26N2.2ClH/c1-13(11-14-5-3-2-4-6-14)17-12-18(17)20-16-9-7-15(19)8-10-16;;/h2-6,11,15-18,20H,7-10,12,19H2,1H3;2*1H/b13-11+;;/t15?,16?,17-,18+;;/m1../s1. The molecule has 1 aromatic carbocycles. The Kier molecular flexibility index (Phi) is 7.92. The maximum atomic E-state index is 5.97. The number of hydrogen-bond acceptors (Lipinski definition) is 2. The summed E-state index contributed by atoms with van der Waals surface area (Å²) in [5, 5.41) is 3.83. The lowest BCUT2D eigenvalue weighted by Crippen LogP contribution is -2.38. The van der Waals surface area contributed by atoms with E-state index in [2.05, 4.69) is 48.6 Å². The fourth-order valence-corrected chi connectivity index (χ4v) is 3.39. The van der Waals surface area contributed by atoms with E-state index in [9.17, 15) is 0 Å². The molecule has 0 aliphatic heterocycles. The van der Waals surface area contributed by atoms with Gasteiger partial charge in [-0.15, -0.1) is 24.8 Å². The Balaban J connectivity index is 0.00000121. The SMILES string of the molecule is C/C(=C\c1ccccc1)[C@H]1C[C@@H]1NC1CCC(N)CC1.Cl.Cl. The Labute approximate surface area is 146 Å². The van der Waals surface area contributed by atoms with Crippen LogP contribution in [0.2, 0.25) is 0 Å². The Morgan fingerprint density at radius 3 is 2.36 bits per heavy atom.